The molecule has 0 saturated carbocycles. The van der Waals surface area contributed by atoms with Crippen molar-refractivity contribution in [2.45, 2.75) is 69.7 Å². The monoisotopic (exact) mass is 640 g/mol. The number of hydrogen-bond donors (Lipinski definition) is 2. The largest absolute Gasteiger partial charge is 0.358 e. The number of hydrogen-bond acceptors (Lipinski definition) is 8. The number of nitrogens with one attached hydrogen (secondary N) is 2. The van der Waals surface area contributed by atoms with Gasteiger partial charge in [-0.3, -0.25) is 19.3 Å². The highest BCUT2D eigenvalue weighted by Gasteiger charge is 2.44. The molecule has 0 aliphatic carbocycles. The number of amides is 3. The number of halogens is 1. The number of nitrogens with zero attached hydrogens (tertiary/aromatic N) is 6. The summed E-state index contributed by atoms with van der Waals surface area (Å²) in [4.78, 5) is 45.7. The van der Waals surface area contributed by atoms with Crippen LogP contribution in [0.2, 0.25) is 0 Å². The van der Waals surface area contributed by atoms with Gasteiger partial charge in [-0.05, 0) is 62.4 Å². The summed E-state index contributed by atoms with van der Waals surface area (Å²) in [5, 5.41) is 18.8. The number of likely N-dealkylation sites (tertiary alicyclic amines) is 1. The molecule has 0 radical (unpaired) electrons. The van der Waals surface area contributed by atoms with Crippen LogP contribution in [0.1, 0.15) is 65.5 Å². The lowest BCUT2D eigenvalue weighted by Crippen LogP contribution is -2.60. The van der Waals surface area contributed by atoms with Gasteiger partial charge < -0.3 is 20.1 Å². The Hall–Kier alpha value is -4.91. The van der Waals surface area contributed by atoms with Gasteiger partial charge in [-0.1, -0.05) is 40.7 Å². The SMILES string of the molecule is Cc1noc2c1C(=O)NC1(CCN(Cc3ccccc3)CC1)CC(=O)N1CC[C@@H](n3cc(-c4ccc(F)cc4)nn3)C[C@H]1C(=O)NC2. The van der Waals surface area contributed by atoms with E-state index in [1.54, 1.807) is 34.8 Å². The molecule has 3 amide bonds. The van der Waals surface area contributed by atoms with E-state index < -0.39 is 11.6 Å². The lowest BCUT2D eigenvalue weighted by Gasteiger charge is -2.45. The Morgan fingerprint density at radius 2 is 1.79 bits per heavy atom. The van der Waals surface area contributed by atoms with E-state index in [0.717, 1.165) is 12.1 Å². The van der Waals surface area contributed by atoms with Gasteiger partial charge in [-0.25, -0.2) is 9.07 Å². The van der Waals surface area contributed by atoms with Crippen LogP contribution in [0.4, 0.5) is 4.39 Å². The van der Waals surface area contributed by atoms with E-state index in [9.17, 15) is 18.8 Å². The third-order valence-electron chi connectivity index (χ3n) is 9.74. The molecule has 2 N–H and O–H groups in total. The number of benzene rings is 2. The van der Waals surface area contributed by atoms with Crippen LogP contribution in [0.15, 0.2) is 65.3 Å². The Balaban J connectivity index is 1.14. The number of fused-ring (bicyclic) bond motifs is 2. The minimum absolute atomic E-state index is 0.0402. The van der Waals surface area contributed by atoms with E-state index in [2.05, 4.69) is 43.1 Å². The fourth-order valence-corrected chi connectivity index (χ4v) is 7.08. The zero-order valence-electron chi connectivity index (χ0n) is 26.2. The summed E-state index contributed by atoms with van der Waals surface area (Å²) in [7, 11) is 0. The maximum atomic E-state index is 14.2. The van der Waals surface area contributed by atoms with Gasteiger partial charge in [0.25, 0.3) is 5.91 Å². The molecule has 13 heteroatoms. The number of aromatic nitrogens is 4. The highest BCUT2D eigenvalue weighted by atomic mass is 19.1. The molecule has 3 aliphatic rings. The van der Waals surface area contributed by atoms with Gasteiger partial charge >= 0.3 is 0 Å². The van der Waals surface area contributed by atoms with Crippen LogP contribution in [0.3, 0.4) is 0 Å². The normalized spacial score (nSPS) is 22.1. The molecule has 2 aromatic heterocycles. The summed E-state index contributed by atoms with van der Waals surface area (Å²) in [5.74, 6) is -0.922. The van der Waals surface area contributed by atoms with Crippen LogP contribution in [-0.4, -0.2) is 78.9 Å². The smallest absolute Gasteiger partial charge is 0.257 e. The van der Waals surface area contributed by atoms with E-state index >= 15 is 0 Å². The topological polar surface area (TPSA) is 138 Å². The second-order valence-corrected chi connectivity index (χ2v) is 12.8. The molecule has 0 bridgehead atoms. The molecule has 2 aromatic carbocycles. The fourth-order valence-electron chi connectivity index (χ4n) is 7.08. The standard InChI is InChI=1S/C34H37FN8O4/c1-22-31-29(47-39-22)19-36-32(45)28-17-26(43-21-27(38-40-43)24-7-9-25(35)10-8-24)11-14-42(28)30(44)18-34(37-33(31)46)12-15-41(16-13-34)20-23-5-3-2-4-6-23/h2-10,21,26,28H,11-20H2,1H3,(H,36,45)(H,37,46)/t26-,28+/m1/s1. The summed E-state index contributed by atoms with van der Waals surface area (Å²) in [6.45, 7) is 4.18. The van der Waals surface area contributed by atoms with Gasteiger partial charge in [0.05, 0.1) is 36.4 Å². The summed E-state index contributed by atoms with van der Waals surface area (Å²) in [6.07, 6.45) is 3.92. The Kier molecular flexibility index (Phi) is 8.31. The number of carbonyl (C=O) groups excluding carboxylic acids is 3. The van der Waals surface area contributed by atoms with Crippen LogP contribution < -0.4 is 10.6 Å². The Morgan fingerprint density at radius 1 is 1.02 bits per heavy atom. The highest BCUT2D eigenvalue weighted by Crippen LogP contribution is 2.33. The molecule has 5 heterocycles. The van der Waals surface area contributed by atoms with Gasteiger partial charge in [-0.2, -0.15) is 0 Å². The number of rotatable bonds is 4. The summed E-state index contributed by atoms with van der Waals surface area (Å²) in [6, 6.07) is 15.3. The van der Waals surface area contributed by atoms with Crippen LogP contribution in [0.5, 0.6) is 0 Å². The van der Waals surface area contributed by atoms with E-state index in [4.69, 9.17) is 4.52 Å². The lowest BCUT2D eigenvalue weighted by atomic mass is 9.82. The predicted molar refractivity (Wildman–Crippen MR) is 168 cm³/mol. The summed E-state index contributed by atoms with van der Waals surface area (Å²) >= 11 is 0. The maximum Gasteiger partial charge on any atom is 0.257 e. The maximum absolute atomic E-state index is 14.2. The predicted octanol–water partition coefficient (Wildman–Crippen LogP) is 3.40. The first-order valence-electron chi connectivity index (χ1n) is 16.1. The minimum Gasteiger partial charge on any atom is -0.358 e. The van der Waals surface area contributed by atoms with Crippen LogP contribution in [-0.2, 0) is 22.7 Å². The summed E-state index contributed by atoms with van der Waals surface area (Å²) in [5.41, 5.74) is 2.45. The Morgan fingerprint density at radius 3 is 2.55 bits per heavy atom. The van der Waals surface area contributed by atoms with Gasteiger partial charge in [-0.15, -0.1) is 5.10 Å². The molecular formula is C34H37FN8O4. The average Bonchev–Trinajstić information content (AvgIpc) is 3.72. The number of piperidine rings is 2. The van der Waals surface area contributed by atoms with Crippen LogP contribution >= 0.6 is 0 Å². The van der Waals surface area contributed by atoms with Gasteiger partial charge in [0.15, 0.2) is 5.76 Å². The van der Waals surface area contributed by atoms with Crippen LogP contribution in [0, 0.1) is 12.7 Å². The van der Waals surface area contributed by atoms with Gasteiger partial charge in [0.1, 0.15) is 23.1 Å². The molecule has 2 saturated heterocycles. The van der Waals surface area contributed by atoms with Crippen molar-refractivity contribution in [1.29, 1.82) is 0 Å². The van der Waals surface area contributed by atoms with E-state index in [1.807, 2.05) is 18.2 Å². The number of aryl methyl sites for hydroxylation is 1. The lowest BCUT2D eigenvalue weighted by molar-refractivity contribution is -0.145. The highest BCUT2D eigenvalue weighted by molar-refractivity contribution is 5.97. The third-order valence-corrected chi connectivity index (χ3v) is 9.74. The van der Waals surface area contributed by atoms with Crippen molar-refractivity contribution in [1.82, 2.24) is 40.6 Å². The molecular weight excluding hydrogens is 603 g/mol. The van der Waals surface area contributed by atoms with Gasteiger partial charge in [0.2, 0.25) is 11.8 Å². The first-order valence-corrected chi connectivity index (χ1v) is 16.1. The molecule has 2 atom stereocenters. The molecule has 3 aliphatic heterocycles. The van der Waals surface area contributed by atoms with Crippen molar-refractivity contribution < 1.29 is 23.3 Å². The molecule has 0 unspecified atom stereocenters. The Bertz CT molecular complexity index is 1760. The molecule has 244 valence electrons. The van der Waals surface area contributed by atoms with Crippen molar-refractivity contribution in [2.75, 3.05) is 19.6 Å². The quantitative estimate of drug-likeness (QED) is 0.346. The molecule has 47 heavy (non-hydrogen) atoms. The molecule has 1 spiro atoms. The van der Waals surface area contributed by atoms with E-state index in [0.29, 0.717) is 62.3 Å². The van der Waals surface area contributed by atoms with Crippen LogP contribution in [0.25, 0.3) is 11.3 Å². The summed E-state index contributed by atoms with van der Waals surface area (Å²) < 4.78 is 20.7. The van der Waals surface area contributed by atoms with E-state index in [-0.39, 0.29) is 48.3 Å². The first kappa shape index (κ1) is 30.7. The Labute approximate surface area is 271 Å². The van der Waals surface area contributed by atoms with Crippen molar-refractivity contribution >= 4 is 17.7 Å². The first-order chi connectivity index (χ1) is 22.8. The average molecular weight is 641 g/mol. The second kappa shape index (κ2) is 12.7. The zero-order valence-corrected chi connectivity index (χ0v) is 26.2. The van der Waals surface area contributed by atoms with Gasteiger partial charge in [0, 0.05) is 31.7 Å². The second-order valence-electron chi connectivity index (χ2n) is 12.8. The van der Waals surface area contributed by atoms with Crippen molar-refractivity contribution in [2.24, 2.45) is 0 Å². The van der Waals surface area contributed by atoms with Crippen molar-refractivity contribution in [3.63, 3.8) is 0 Å². The number of carbonyl (C=O) groups is 3. The molecule has 4 aromatic rings. The van der Waals surface area contributed by atoms with Crippen molar-refractivity contribution in [3.8, 4) is 11.3 Å². The van der Waals surface area contributed by atoms with E-state index in [1.165, 1.54) is 17.7 Å². The zero-order chi connectivity index (χ0) is 32.5. The fraction of sp³-hybridized carbons (Fsp3) is 0.412. The van der Waals surface area contributed by atoms with Crippen molar-refractivity contribution in [3.05, 3.63) is 89.2 Å². The minimum atomic E-state index is -0.796. The molecule has 12 nitrogen and oxygen atoms in total. The molecule has 2 fully saturated rings. The third kappa shape index (κ3) is 6.39. The molecule has 7 rings (SSSR count).